The minimum Gasteiger partial charge on any atom is -0.384 e. The maximum Gasteiger partial charge on any atom is 0.286 e. The van der Waals surface area contributed by atoms with E-state index in [4.69, 9.17) is 5.73 Å². The number of pyridine rings is 1. The van der Waals surface area contributed by atoms with Gasteiger partial charge in [0.25, 0.3) is 11.5 Å². The van der Waals surface area contributed by atoms with Crippen molar-refractivity contribution in [3.05, 3.63) is 80.7 Å². The lowest BCUT2D eigenvalue weighted by Gasteiger charge is -2.18. The van der Waals surface area contributed by atoms with Gasteiger partial charge in [0.05, 0.1) is 12.7 Å². The summed E-state index contributed by atoms with van der Waals surface area (Å²) in [6.45, 7) is 0.293. The Bertz CT molecular complexity index is 1900. The van der Waals surface area contributed by atoms with Gasteiger partial charge in [-0.05, 0) is 36.6 Å². The summed E-state index contributed by atoms with van der Waals surface area (Å²) in [5.41, 5.74) is 5.39. The second-order valence-electron chi connectivity index (χ2n) is 9.58. The fourth-order valence-electron chi connectivity index (χ4n) is 5.08. The third-order valence-corrected chi connectivity index (χ3v) is 9.08. The SMILES string of the molecule is Nc1cc2sc(CNC(=O)[C@H]3[C@H]4C[C@H]4c4ncc(NC(=O)c5nnc(-c6ccccc6F)s5)c(=O)n43)cc2cn1. The van der Waals surface area contributed by atoms with Crippen LogP contribution in [0.1, 0.15) is 38.9 Å². The number of amides is 2. The number of carbonyl (C=O) groups excluding carboxylic acids is 2. The second kappa shape index (κ2) is 9.27. The van der Waals surface area contributed by atoms with Crippen LogP contribution < -0.4 is 21.9 Å². The van der Waals surface area contributed by atoms with Gasteiger partial charge in [0.1, 0.15) is 29.2 Å². The molecule has 1 aliphatic heterocycles. The van der Waals surface area contributed by atoms with E-state index in [1.165, 1.54) is 28.2 Å². The number of halogens is 1. The normalized spacial score (nSPS) is 18.8. The van der Waals surface area contributed by atoms with E-state index < -0.39 is 23.3 Å². The predicted octanol–water partition coefficient (Wildman–Crippen LogP) is 3.32. The Morgan fingerprint density at radius 3 is 2.83 bits per heavy atom. The lowest BCUT2D eigenvalue weighted by molar-refractivity contribution is -0.124. The average molecular weight is 575 g/mol. The number of anilines is 2. The number of hydrogen-bond acceptors (Lipinski definition) is 10. The van der Waals surface area contributed by atoms with Gasteiger partial charge in [0.15, 0.2) is 5.01 Å². The van der Waals surface area contributed by atoms with Crippen molar-refractivity contribution in [2.75, 3.05) is 11.1 Å². The monoisotopic (exact) mass is 574 g/mol. The number of nitrogen functional groups attached to an aromatic ring is 1. The van der Waals surface area contributed by atoms with Crippen LogP contribution in [0.5, 0.6) is 0 Å². The molecule has 0 unspecified atom stereocenters. The highest BCUT2D eigenvalue weighted by Crippen LogP contribution is 2.58. The summed E-state index contributed by atoms with van der Waals surface area (Å²) in [5, 5.41) is 14.4. The first kappa shape index (κ1) is 24.5. The van der Waals surface area contributed by atoms with E-state index in [0.29, 0.717) is 18.2 Å². The molecule has 200 valence electrons. The van der Waals surface area contributed by atoms with Crippen molar-refractivity contribution < 1.29 is 14.0 Å². The van der Waals surface area contributed by atoms with Crippen molar-refractivity contribution in [3.8, 4) is 10.6 Å². The highest BCUT2D eigenvalue weighted by atomic mass is 32.1. The molecule has 0 spiro atoms. The van der Waals surface area contributed by atoms with Crippen molar-refractivity contribution in [1.82, 2.24) is 30.0 Å². The molecule has 3 atom stereocenters. The van der Waals surface area contributed by atoms with Crippen LogP contribution in [0.15, 0.2) is 53.6 Å². The van der Waals surface area contributed by atoms with Crippen molar-refractivity contribution in [2.45, 2.75) is 24.9 Å². The van der Waals surface area contributed by atoms with Crippen LogP contribution in [0.3, 0.4) is 0 Å². The number of thiophene rings is 1. The smallest absolute Gasteiger partial charge is 0.286 e. The van der Waals surface area contributed by atoms with Gasteiger partial charge in [-0.3, -0.25) is 19.0 Å². The molecule has 0 bridgehead atoms. The van der Waals surface area contributed by atoms with Crippen molar-refractivity contribution >= 4 is 56.1 Å². The summed E-state index contributed by atoms with van der Waals surface area (Å²) < 4.78 is 16.5. The molecule has 1 fully saturated rings. The van der Waals surface area contributed by atoms with E-state index in [0.717, 1.165) is 32.7 Å². The summed E-state index contributed by atoms with van der Waals surface area (Å²) in [6.07, 6.45) is 3.77. The highest BCUT2D eigenvalue weighted by Gasteiger charge is 2.56. The fourth-order valence-corrected chi connectivity index (χ4v) is 6.87. The standard InChI is InChI=1S/C26H19FN8O3S2/c27-16-4-2-1-3-13(16)24-33-34-25(40-24)23(37)32-17-10-30-21-15-6-14(15)20(35(21)26(17)38)22(36)31-9-12-5-11-8-29-19(28)7-18(11)39-12/h1-5,7-8,10,14-15,20H,6,9H2,(H2,28,29)(H,31,36)(H,32,37)/t14-,15+,20+/m0/s1. The van der Waals surface area contributed by atoms with Gasteiger partial charge < -0.3 is 16.4 Å². The molecule has 5 heterocycles. The molecule has 1 aliphatic carbocycles. The Balaban J connectivity index is 1.10. The van der Waals surface area contributed by atoms with Gasteiger partial charge in [-0.2, -0.15) is 0 Å². The summed E-state index contributed by atoms with van der Waals surface area (Å²) in [7, 11) is 0. The fraction of sp³-hybridized carbons (Fsp3) is 0.192. The van der Waals surface area contributed by atoms with Crippen molar-refractivity contribution in [2.24, 2.45) is 5.92 Å². The third-order valence-electron chi connectivity index (χ3n) is 7.03. The van der Waals surface area contributed by atoms with Crippen molar-refractivity contribution in [3.63, 3.8) is 0 Å². The first-order valence-electron chi connectivity index (χ1n) is 12.3. The predicted molar refractivity (Wildman–Crippen MR) is 148 cm³/mol. The van der Waals surface area contributed by atoms with Crippen LogP contribution in [0, 0.1) is 11.7 Å². The quantitative estimate of drug-likeness (QED) is 0.279. The Morgan fingerprint density at radius 1 is 1.12 bits per heavy atom. The summed E-state index contributed by atoms with van der Waals surface area (Å²) in [6, 6.07) is 9.05. The first-order chi connectivity index (χ1) is 19.4. The molecule has 1 aromatic carbocycles. The minimum absolute atomic E-state index is 0.0240. The maximum atomic E-state index is 14.1. The van der Waals surface area contributed by atoms with Crippen molar-refractivity contribution in [1.29, 1.82) is 0 Å². The molecule has 4 aromatic heterocycles. The number of nitrogens with one attached hydrogen (secondary N) is 2. The maximum absolute atomic E-state index is 14.1. The van der Waals surface area contributed by atoms with E-state index in [1.54, 1.807) is 30.5 Å². The zero-order valence-corrected chi connectivity index (χ0v) is 22.1. The first-order valence-corrected chi connectivity index (χ1v) is 13.9. The van der Waals surface area contributed by atoms with Crippen LogP contribution in [0.4, 0.5) is 15.9 Å². The van der Waals surface area contributed by atoms with Gasteiger partial charge in [-0.1, -0.05) is 23.5 Å². The second-order valence-corrected chi connectivity index (χ2v) is 11.7. The van der Waals surface area contributed by atoms with Crippen LogP contribution in [0.25, 0.3) is 20.7 Å². The minimum atomic E-state index is -0.724. The van der Waals surface area contributed by atoms with Gasteiger partial charge in [0.2, 0.25) is 10.9 Å². The van der Waals surface area contributed by atoms with E-state index in [1.807, 2.05) is 6.07 Å². The van der Waals surface area contributed by atoms with Gasteiger partial charge in [-0.25, -0.2) is 14.4 Å². The summed E-state index contributed by atoms with van der Waals surface area (Å²) in [4.78, 5) is 49.0. The Labute approximate surface area is 232 Å². The van der Waals surface area contributed by atoms with Crippen LogP contribution in [-0.4, -0.2) is 36.5 Å². The molecule has 5 aromatic rings. The third kappa shape index (κ3) is 4.12. The van der Waals surface area contributed by atoms with Gasteiger partial charge in [-0.15, -0.1) is 21.5 Å². The van der Waals surface area contributed by atoms with Crippen LogP contribution in [-0.2, 0) is 11.3 Å². The number of nitrogens with zero attached hydrogens (tertiary/aromatic N) is 5. The molecule has 2 amide bonds. The summed E-state index contributed by atoms with van der Waals surface area (Å²) in [5.74, 6) is -0.477. The highest BCUT2D eigenvalue weighted by molar-refractivity contribution is 7.19. The van der Waals surface area contributed by atoms with Crippen LogP contribution in [0.2, 0.25) is 0 Å². The molecule has 14 heteroatoms. The molecule has 11 nitrogen and oxygen atoms in total. The Hall–Kier alpha value is -4.56. The molecule has 40 heavy (non-hydrogen) atoms. The lowest BCUT2D eigenvalue weighted by Crippen LogP contribution is -2.38. The number of rotatable bonds is 6. The van der Waals surface area contributed by atoms with Gasteiger partial charge >= 0.3 is 0 Å². The van der Waals surface area contributed by atoms with E-state index in [2.05, 4.69) is 30.8 Å². The largest absolute Gasteiger partial charge is 0.384 e. The van der Waals surface area contributed by atoms with E-state index in [-0.39, 0.29) is 39.0 Å². The molecule has 0 radical (unpaired) electrons. The molecule has 2 aliphatic rings. The van der Waals surface area contributed by atoms with Crippen LogP contribution >= 0.6 is 22.7 Å². The van der Waals surface area contributed by atoms with E-state index in [9.17, 15) is 18.8 Å². The number of aromatic nitrogens is 5. The number of nitrogens with two attached hydrogens (primary N) is 1. The molecular weight excluding hydrogens is 555 g/mol. The number of hydrogen-bond donors (Lipinski definition) is 3. The number of fused-ring (bicyclic) bond motifs is 4. The Kier molecular flexibility index (Phi) is 5.68. The molecular formula is C26H19FN8O3S2. The molecule has 4 N–H and O–H groups in total. The number of carbonyl (C=O) groups is 2. The zero-order valence-electron chi connectivity index (χ0n) is 20.5. The van der Waals surface area contributed by atoms with Gasteiger partial charge in [0, 0.05) is 32.6 Å². The average Bonchev–Trinajstić information content (AvgIpc) is 3.26. The van der Waals surface area contributed by atoms with E-state index >= 15 is 0 Å². The zero-order chi connectivity index (χ0) is 27.5. The molecule has 0 saturated heterocycles. The molecule has 7 rings (SSSR count). The summed E-state index contributed by atoms with van der Waals surface area (Å²) >= 11 is 2.41. The molecule has 1 saturated carbocycles. The number of benzene rings is 1. The topological polar surface area (TPSA) is 158 Å². The lowest BCUT2D eigenvalue weighted by atomic mass is 10.1. The Morgan fingerprint density at radius 2 is 1.98 bits per heavy atom.